The van der Waals surface area contributed by atoms with Gasteiger partial charge >= 0.3 is 0 Å². The van der Waals surface area contributed by atoms with Gasteiger partial charge in [0.25, 0.3) is 0 Å². The van der Waals surface area contributed by atoms with Gasteiger partial charge in [-0.3, -0.25) is 0 Å². The zero-order valence-corrected chi connectivity index (χ0v) is 17.8. The number of rotatable bonds is 4. The van der Waals surface area contributed by atoms with E-state index in [-0.39, 0.29) is 12.4 Å². The molecule has 0 bridgehead atoms. The van der Waals surface area contributed by atoms with E-state index in [1.165, 1.54) is 23.5 Å². The summed E-state index contributed by atoms with van der Waals surface area (Å²) in [5.41, 5.74) is 6.77. The van der Waals surface area contributed by atoms with Crippen LogP contribution >= 0.6 is 11.3 Å². The molecule has 6 rings (SSSR count). The lowest BCUT2D eigenvalue weighted by Crippen LogP contribution is -2.20. The summed E-state index contributed by atoms with van der Waals surface area (Å²) in [6.07, 6.45) is -0.537. The summed E-state index contributed by atoms with van der Waals surface area (Å²) >= 11 is 1.52. The molecule has 3 heterocycles. The zero-order valence-electron chi connectivity index (χ0n) is 16.9. The number of hydrogen-bond donors (Lipinski definition) is 0. The molecule has 0 aliphatic carbocycles. The first-order valence-electron chi connectivity index (χ1n) is 10.2. The van der Waals surface area contributed by atoms with Crippen LogP contribution in [0.5, 0.6) is 5.75 Å². The Morgan fingerprint density at radius 3 is 2.75 bits per heavy atom. The van der Waals surface area contributed by atoms with Crippen LogP contribution in [-0.2, 0) is 17.9 Å². The molecule has 32 heavy (non-hydrogen) atoms. The maximum absolute atomic E-state index is 14.5. The predicted molar refractivity (Wildman–Crippen MR) is 121 cm³/mol. The van der Waals surface area contributed by atoms with Crippen LogP contribution in [0.1, 0.15) is 23.0 Å². The van der Waals surface area contributed by atoms with E-state index in [0.29, 0.717) is 17.9 Å². The van der Waals surface area contributed by atoms with E-state index >= 15 is 0 Å². The average molecular weight is 444 g/mol. The van der Waals surface area contributed by atoms with Crippen molar-refractivity contribution in [3.63, 3.8) is 0 Å². The van der Waals surface area contributed by atoms with E-state index in [1.807, 2.05) is 60.0 Å². The Bertz CT molecular complexity index is 1400. The summed E-state index contributed by atoms with van der Waals surface area (Å²) in [4.78, 5) is 9.25. The summed E-state index contributed by atoms with van der Waals surface area (Å²) < 4.78 is 28.7. The number of fused-ring (bicyclic) bond motifs is 2. The molecule has 5 nitrogen and oxygen atoms in total. The minimum absolute atomic E-state index is 0.281. The van der Waals surface area contributed by atoms with Crippen molar-refractivity contribution in [1.29, 1.82) is 0 Å². The predicted octanol–water partition coefficient (Wildman–Crippen LogP) is 5.96. The maximum atomic E-state index is 14.5. The third kappa shape index (κ3) is 3.36. The van der Waals surface area contributed by atoms with Crippen molar-refractivity contribution in [3.8, 4) is 17.3 Å². The number of aromatic nitrogens is 3. The monoisotopic (exact) mass is 443 g/mol. The first-order valence-corrected chi connectivity index (χ1v) is 11.2. The molecule has 0 spiro atoms. The van der Waals surface area contributed by atoms with Crippen molar-refractivity contribution in [2.24, 2.45) is 0 Å². The maximum Gasteiger partial charge on any atom is 0.227 e. The molecule has 2 aromatic heterocycles. The number of imidazole rings is 1. The van der Waals surface area contributed by atoms with E-state index in [2.05, 4.69) is 9.55 Å². The van der Waals surface area contributed by atoms with Crippen LogP contribution in [0, 0.1) is 5.82 Å². The van der Waals surface area contributed by atoms with Gasteiger partial charge in [0.2, 0.25) is 6.29 Å². The summed E-state index contributed by atoms with van der Waals surface area (Å²) in [7, 11) is 0. The largest absolute Gasteiger partial charge is 0.460 e. The summed E-state index contributed by atoms with van der Waals surface area (Å²) in [5, 5.41) is 1.97. The number of thiazole rings is 1. The molecule has 0 saturated carbocycles. The van der Waals surface area contributed by atoms with Crippen molar-refractivity contribution in [2.45, 2.75) is 19.4 Å². The van der Waals surface area contributed by atoms with Gasteiger partial charge in [-0.05, 0) is 24.3 Å². The summed E-state index contributed by atoms with van der Waals surface area (Å²) in [6, 6.07) is 20.7. The fraction of sp³-hybridized carbons (Fsp3) is 0.120. The SMILES string of the molecule is Fc1cc2c(c(Cn3c(-c4cscn4)nc4ccccc43)c1)OC(c1ccccc1)OC2. The molecule has 1 unspecified atom stereocenters. The zero-order chi connectivity index (χ0) is 21.5. The number of halogens is 1. The van der Waals surface area contributed by atoms with Crippen LogP contribution in [0.2, 0.25) is 0 Å². The molecule has 0 N–H and O–H groups in total. The summed E-state index contributed by atoms with van der Waals surface area (Å²) in [6.45, 7) is 0.679. The van der Waals surface area contributed by atoms with E-state index < -0.39 is 6.29 Å². The van der Waals surface area contributed by atoms with Gasteiger partial charge in [-0.15, -0.1) is 11.3 Å². The highest BCUT2D eigenvalue weighted by atomic mass is 32.1. The van der Waals surface area contributed by atoms with Crippen LogP contribution in [0.3, 0.4) is 0 Å². The molecule has 3 aromatic carbocycles. The summed E-state index contributed by atoms with van der Waals surface area (Å²) in [5.74, 6) is 1.09. The van der Waals surface area contributed by atoms with Crippen molar-refractivity contribution in [3.05, 3.63) is 100 Å². The molecule has 1 aliphatic heterocycles. The smallest absolute Gasteiger partial charge is 0.227 e. The van der Waals surface area contributed by atoms with Crippen molar-refractivity contribution in [2.75, 3.05) is 0 Å². The lowest BCUT2D eigenvalue weighted by atomic mass is 10.1. The van der Waals surface area contributed by atoms with Gasteiger partial charge in [-0.25, -0.2) is 14.4 Å². The van der Waals surface area contributed by atoms with Gasteiger partial charge in [0.1, 0.15) is 17.3 Å². The molecule has 0 saturated heterocycles. The lowest BCUT2D eigenvalue weighted by molar-refractivity contribution is -0.112. The van der Waals surface area contributed by atoms with E-state index in [0.717, 1.165) is 33.7 Å². The topological polar surface area (TPSA) is 49.2 Å². The number of nitrogens with zero attached hydrogens (tertiary/aromatic N) is 3. The average Bonchev–Trinajstić information content (AvgIpc) is 3.48. The van der Waals surface area contributed by atoms with Gasteiger partial charge in [-0.2, -0.15) is 0 Å². The van der Waals surface area contributed by atoms with Crippen LogP contribution in [-0.4, -0.2) is 14.5 Å². The molecule has 158 valence electrons. The first kappa shape index (κ1) is 19.2. The Kier molecular flexibility index (Phi) is 4.70. The van der Waals surface area contributed by atoms with Crippen LogP contribution in [0.25, 0.3) is 22.6 Å². The second-order valence-electron chi connectivity index (χ2n) is 7.61. The molecule has 0 fully saturated rings. The number of hydrogen-bond acceptors (Lipinski definition) is 5. The molecule has 1 atom stereocenters. The minimum Gasteiger partial charge on any atom is -0.460 e. The van der Waals surface area contributed by atoms with Crippen LogP contribution in [0.15, 0.2) is 77.6 Å². The number of para-hydroxylation sites is 2. The Morgan fingerprint density at radius 2 is 1.91 bits per heavy atom. The highest BCUT2D eigenvalue weighted by molar-refractivity contribution is 7.07. The Hall–Kier alpha value is -3.55. The number of benzene rings is 3. The molecular weight excluding hydrogens is 425 g/mol. The van der Waals surface area contributed by atoms with E-state index in [9.17, 15) is 4.39 Å². The van der Waals surface area contributed by atoms with E-state index in [4.69, 9.17) is 14.5 Å². The Labute approximate surface area is 187 Å². The molecule has 7 heteroatoms. The fourth-order valence-corrected chi connectivity index (χ4v) is 4.62. The fourth-order valence-electron chi connectivity index (χ4n) is 4.09. The first-order chi connectivity index (χ1) is 15.8. The third-order valence-electron chi connectivity index (χ3n) is 5.54. The van der Waals surface area contributed by atoms with Crippen molar-refractivity contribution < 1.29 is 13.9 Å². The van der Waals surface area contributed by atoms with Crippen LogP contribution in [0.4, 0.5) is 4.39 Å². The van der Waals surface area contributed by atoms with Gasteiger partial charge in [0, 0.05) is 22.1 Å². The highest BCUT2D eigenvalue weighted by Crippen LogP contribution is 2.38. The third-order valence-corrected chi connectivity index (χ3v) is 6.13. The molecular formula is C25H18FN3O2S. The van der Waals surface area contributed by atoms with Crippen molar-refractivity contribution >= 4 is 22.4 Å². The lowest BCUT2D eigenvalue weighted by Gasteiger charge is -2.28. The normalized spacial score (nSPS) is 15.5. The Morgan fingerprint density at radius 1 is 1.06 bits per heavy atom. The van der Waals surface area contributed by atoms with Gasteiger partial charge in [0.05, 0.1) is 29.7 Å². The minimum atomic E-state index is -0.537. The molecule has 0 radical (unpaired) electrons. The van der Waals surface area contributed by atoms with E-state index in [1.54, 1.807) is 5.51 Å². The molecule has 1 aliphatic rings. The van der Waals surface area contributed by atoms with Gasteiger partial charge in [0.15, 0.2) is 5.82 Å². The number of ether oxygens (including phenoxy) is 2. The molecule has 0 amide bonds. The van der Waals surface area contributed by atoms with Gasteiger partial charge in [-0.1, -0.05) is 42.5 Å². The second-order valence-corrected chi connectivity index (χ2v) is 8.33. The second kappa shape index (κ2) is 7.85. The highest BCUT2D eigenvalue weighted by Gasteiger charge is 2.26. The van der Waals surface area contributed by atoms with Crippen molar-refractivity contribution in [1.82, 2.24) is 14.5 Å². The Balaban J connectivity index is 1.45. The van der Waals surface area contributed by atoms with Gasteiger partial charge < -0.3 is 14.0 Å². The standard InChI is InChI=1S/C25H18FN3O2S/c26-19-10-17(23-18(11-19)13-30-25(31-23)16-6-2-1-3-7-16)12-29-22-9-5-4-8-20(22)28-24(29)21-14-32-15-27-21/h1-11,14-15,25H,12-13H2. The quantitative estimate of drug-likeness (QED) is 0.344. The van der Waals surface area contributed by atoms with Crippen LogP contribution < -0.4 is 4.74 Å². The molecule has 5 aromatic rings.